The van der Waals surface area contributed by atoms with E-state index in [4.69, 9.17) is 0 Å². The summed E-state index contributed by atoms with van der Waals surface area (Å²) >= 11 is 3.33. The van der Waals surface area contributed by atoms with Crippen LogP contribution in [0.15, 0.2) is 83.0 Å². The van der Waals surface area contributed by atoms with Gasteiger partial charge in [0.05, 0.1) is 4.92 Å². The normalized spacial score (nSPS) is 11.0. The number of rotatable bonds is 6. The first-order chi connectivity index (χ1) is 14.8. The molecule has 7 nitrogen and oxygen atoms in total. The third kappa shape index (κ3) is 6.10. The number of nitro benzene ring substituents is 1. The van der Waals surface area contributed by atoms with Gasteiger partial charge in [0.2, 0.25) is 0 Å². The summed E-state index contributed by atoms with van der Waals surface area (Å²) in [6.07, 6.45) is 1.40. The first-order valence-corrected chi connectivity index (χ1v) is 10.0. The Morgan fingerprint density at radius 3 is 2.32 bits per heavy atom. The van der Waals surface area contributed by atoms with Crippen molar-refractivity contribution in [1.82, 2.24) is 5.32 Å². The van der Waals surface area contributed by atoms with Gasteiger partial charge < -0.3 is 10.6 Å². The number of halogens is 1. The SMILES string of the molecule is Cc1ccc(C(=O)N/C(=C/c2cccc([N+](=O)[O-])c2)C(=O)Nc2ccc(Br)cc2)cc1. The van der Waals surface area contributed by atoms with Crippen molar-refractivity contribution < 1.29 is 14.5 Å². The molecule has 0 aliphatic carbocycles. The molecule has 31 heavy (non-hydrogen) atoms. The molecule has 8 heteroatoms. The van der Waals surface area contributed by atoms with E-state index in [2.05, 4.69) is 26.6 Å². The van der Waals surface area contributed by atoms with Crippen molar-refractivity contribution in [1.29, 1.82) is 0 Å². The number of nitrogens with one attached hydrogen (secondary N) is 2. The summed E-state index contributed by atoms with van der Waals surface area (Å²) in [4.78, 5) is 36.1. The zero-order valence-corrected chi connectivity index (χ0v) is 18.0. The summed E-state index contributed by atoms with van der Waals surface area (Å²) in [7, 11) is 0. The molecule has 0 unspecified atom stereocenters. The van der Waals surface area contributed by atoms with Crippen molar-refractivity contribution in [2.24, 2.45) is 0 Å². The first kappa shape index (κ1) is 21.9. The standard InChI is InChI=1S/C23H18BrN3O4/c1-15-5-7-17(8-6-15)22(28)26-21(14-16-3-2-4-20(13-16)27(30)31)23(29)25-19-11-9-18(24)10-12-19/h2-14H,1H3,(H,25,29)(H,26,28)/b21-14+. The van der Waals surface area contributed by atoms with E-state index in [1.54, 1.807) is 54.6 Å². The maximum absolute atomic E-state index is 12.9. The Morgan fingerprint density at radius 1 is 1.00 bits per heavy atom. The van der Waals surface area contributed by atoms with Gasteiger partial charge in [-0.3, -0.25) is 19.7 Å². The predicted molar refractivity (Wildman–Crippen MR) is 122 cm³/mol. The molecule has 0 aliphatic heterocycles. The predicted octanol–water partition coefficient (Wildman–Crippen LogP) is 5.08. The van der Waals surface area contributed by atoms with Crippen LogP contribution in [0.25, 0.3) is 6.08 Å². The van der Waals surface area contributed by atoms with Gasteiger partial charge in [-0.1, -0.05) is 45.8 Å². The number of nitrogens with zero attached hydrogens (tertiary/aromatic N) is 1. The Balaban J connectivity index is 1.92. The number of carbonyl (C=O) groups excluding carboxylic acids is 2. The fourth-order valence-corrected chi connectivity index (χ4v) is 2.95. The van der Waals surface area contributed by atoms with Gasteiger partial charge in [-0.15, -0.1) is 0 Å². The van der Waals surface area contributed by atoms with E-state index in [1.165, 1.54) is 24.3 Å². The number of benzene rings is 3. The summed E-state index contributed by atoms with van der Waals surface area (Å²) in [5.41, 5.74) is 2.14. The average Bonchev–Trinajstić information content (AvgIpc) is 2.75. The molecule has 3 aromatic carbocycles. The molecule has 0 saturated heterocycles. The fourth-order valence-electron chi connectivity index (χ4n) is 2.68. The minimum Gasteiger partial charge on any atom is -0.321 e. The third-order valence-electron chi connectivity index (χ3n) is 4.30. The van der Waals surface area contributed by atoms with E-state index in [-0.39, 0.29) is 11.4 Å². The second kappa shape index (κ2) is 9.82. The van der Waals surface area contributed by atoms with Gasteiger partial charge in [-0.05, 0) is 55.0 Å². The van der Waals surface area contributed by atoms with E-state index in [0.29, 0.717) is 16.8 Å². The Bertz CT molecular complexity index is 1160. The van der Waals surface area contributed by atoms with Gasteiger partial charge in [0.15, 0.2) is 0 Å². The number of hydrogen-bond acceptors (Lipinski definition) is 4. The van der Waals surface area contributed by atoms with Crippen molar-refractivity contribution in [3.63, 3.8) is 0 Å². The fraction of sp³-hybridized carbons (Fsp3) is 0.0435. The van der Waals surface area contributed by atoms with Gasteiger partial charge >= 0.3 is 0 Å². The smallest absolute Gasteiger partial charge is 0.272 e. The number of amides is 2. The van der Waals surface area contributed by atoms with Crippen LogP contribution in [0.4, 0.5) is 11.4 Å². The molecule has 0 fully saturated rings. The molecule has 156 valence electrons. The molecule has 2 N–H and O–H groups in total. The van der Waals surface area contributed by atoms with Crippen molar-refractivity contribution in [3.8, 4) is 0 Å². The zero-order chi connectivity index (χ0) is 22.4. The summed E-state index contributed by atoms with van der Waals surface area (Å²) in [6.45, 7) is 1.90. The van der Waals surface area contributed by atoms with E-state index in [1.807, 2.05) is 6.92 Å². The average molecular weight is 480 g/mol. The molecular weight excluding hydrogens is 462 g/mol. The maximum atomic E-state index is 12.9. The molecule has 0 bridgehead atoms. The highest BCUT2D eigenvalue weighted by Gasteiger charge is 2.16. The highest BCUT2D eigenvalue weighted by molar-refractivity contribution is 9.10. The quantitative estimate of drug-likeness (QED) is 0.292. The highest BCUT2D eigenvalue weighted by Crippen LogP contribution is 2.18. The lowest BCUT2D eigenvalue weighted by Gasteiger charge is -2.12. The van der Waals surface area contributed by atoms with E-state index in [9.17, 15) is 19.7 Å². The largest absolute Gasteiger partial charge is 0.321 e. The number of aryl methyl sites for hydroxylation is 1. The van der Waals surface area contributed by atoms with Crippen LogP contribution < -0.4 is 10.6 Å². The summed E-state index contributed by atoms with van der Waals surface area (Å²) in [5, 5.41) is 16.4. The minimum atomic E-state index is -0.561. The van der Waals surface area contributed by atoms with Gasteiger partial charge in [0.1, 0.15) is 5.70 Å². The van der Waals surface area contributed by atoms with Crippen molar-refractivity contribution in [2.45, 2.75) is 6.92 Å². The summed E-state index contributed by atoms with van der Waals surface area (Å²) < 4.78 is 0.852. The van der Waals surface area contributed by atoms with Crippen LogP contribution in [0.3, 0.4) is 0 Å². The zero-order valence-electron chi connectivity index (χ0n) is 16.5. The first-order valence-electron chi connectivity index (χ1n) is 9.23. The molecule has 0 saturated carbocycles. The molecule has 0 atom stereocenters. The van der Waals surface area contributed by atoms with Gasteiger partial charge in [-0.2, -0.15) is 0 Å². The van der Waals surface area contributed by atoms with Crippen molar-refractivity contribution in [3.05, 3.63) is 110 Å². The Kier molecular flexibility index (Phi) is 6.94. The second-order valence-corrected chi connectivity index (χ2v) is 7.61. The van der Waals surface area contributed by atoms with E-state index in [0.717, 1.165) is 10.0 Å². The van der Waals surface area contributed by atoms with Crippen LogP contribution in [-0.2, 0) is 4.79 Å². The number of anilines is 1. The lowest BCUT2D eigenvalue weighted by atomic mass is 10.1. The van der Waals surface area contributed by atoms with Crippen LogP contribution in [0.1, 0.15) is 21.5 Å². The van der Waals surface area contributed by atoms with Crippen LogP contribution in [0.2, 0.25) is 0 Å². The Hall–Kier alpha value is -3.78. The second-order valence-electron chi connectivity index (χ2n) is 6.69. The number of nitro groups is 1. The lowest BCUT2D eigenvalue weighted by molar-refractivity contribution is -0.384. The molecule has 0 aromatic heterocycles. The molecular formula is C23H18BrN3O4. The van der Waals surface area contributed by atoms with Gasteiger partial charge in [-0.25, -0.2) is 0 Å². The van der Waals surface area contributed by atoms with Gasteiger partial charge in [0.25, 0.3) is 17.5 Å². The monoisotopic (exact) mass is 479 g/mol. The Labute approximate surface area is 187 Å². The van der Waals surface area contributed by atoms with E-state index >= 15 is 0 Å². The molecule has 2 amide bonds. The summed E-state index contributed by atoms with van der Waals surface area (Å²) in [5.74, 6) is -1.03. The van der Waals surface area contributed by atoms with Crippen molar-refractivity contribution in [2.75, 3.05) is 5.32 Å². The maximum Gasteiger partial charge on any atom is 0.272 e. The molecule has 3 aromatic rings. The van der Waals surface area contributed by atoms with Crippen LogP contribution in [-0.4, -0.2) is 16.7 Å². The minimum absolute atomic E-state index is 0.0472. The highest BCUT2D eigenvalue weighted by atomic mass is 79.9. The van der Waals surface area contributed by atoms with Crippen LogP contribution >= 0.6 is 15.9 Å². The van der Waals surface area contributed by atoms with E-state index < -0.39 is 16.7 Å². The number of carbonyl (C=O) groups is 2. The van der Waals surface area contributed by atoms with Crippen LogP contribution in [0.5, 0.6) is 0 Å². The molecule has 0 spiro atoms. The molecule has 0 radical (unpaired) electrons. The number of non-ortho nitro benzene ring substituents is 1. The number of hydrogen-bond donors (Lipinski definition) is 2. The van der Waals surface area contributed by atoms with Crippen molar-refractivity contribution >= 4 is 45.2 Å². The third-order valence-corrected chi connectivity index (χ3v) is 4.83. The lowest BCUT2D eigenvalue weighted by Crippen LogP contribution is -2.30. The Morgan fingerprint density at radius 2 is 1.68 bits per heavy atom. The molecule has 0 heterocycles. The summed E-state index contributed by atoms with van der Waals surface area (Å²) in [6, 6.07) is 19.6. The molecule has 0 aliphatic rings. The van der Waals surface area contributed by atoms with Gasteiger partial charge in [0, 0.05) is 27.9 Å². The van der Waals surface area contributed by atoms with Crippen LogP contribution in [0, 0.1) is 17.0 Å². The molecule has 3 rings (SSSR count). The topological polar surface area (TPSA) is 101 Å².